The summed E-state index contributed by atoms with van der Waals surface area (Å²) >= 11 is 0. The molecule has 1 saturated heterocycles. The molecule has 1 unspecified atom stereocenters. The fourth-order valence-corrected chi connectivity index (χ4v) is 5.60. The Morgan fingerprint density at radius 3 is 2.45 bits per heavy atom. The maximum atomic E-state index is 13.4. The maximum absolute atomic E-state index is 13.4. The van der Waals surface area contributed by atoms with Crippen LogP contribution in [0.2, 0.25) is 0 Å². The molecule has 10 nitrogen and oxygen atoms in total. The molecule has 210 valence electrons. The van der Waals surface area contributed by atoms with Crippen LogP contribution < -0.4 is 19.8 Å². The van der Waals surface area contributed by atoms with Crippen LogP contribution in [0.15, 0.2) is 88.9 Å². The van der Waals surface area contributed by atoms with Crippen molar-refractivity contribution in [2.45, 2.75) is 30.8 Å². The second kappa shape index (κ2) is 13.7. The van der Waals surface area contributed by atoms with Gasteiger partial charge in [0.25, 0.3) is 21.8 Å². The number of nitrogens with zero attached hydrogens (tertiary/aromatic N) is 2. The molecule has 40 heavy (non-hydrogen) atoms. The zero-order chi connectivity index (χ0) is 28.4. The van der Waals surface area contributed by atoms with Gasteiger partial charge in [-0.3, -0.25) is 13.9 Å². The molecular weight excluding hydrogens is 532 g/mol. The standard InChI is InChI=1S/C29H32N4O6S/c1-22-8-5-6-12-27(22)33(40(36,37)26-10-3-2-4-11-26)20-28(34)32-31-18-23-13-15-24(16-14-23)39-21-29(35)30-19-25-9-7-17-38-25/h2-6,8,10-16,18,25H,7,9,17,19-21H2,1H3,(H,30,35)(H,32,34)/b31-18+. The molecule has 0 spiro atoms. The highest BCUT2D eigenvalue weighted by Gasteiger charge is 2.28. The summed E-state index contributed by atoms with van der Waals surface area (Å²) in [4.78, 5) is 24.8. The number of carbonyl (C=O) groups is 2. The van der Waals surface area contributed by atoms with Gasteiger partial charge in [-0.25, -0.2) is 13.8 Å². The average Bonchev–Trinajstić information content (AvgIpc) is 3.49. The van der Waals surface area contributed by atoms with Gasteiger partial charge in [-0.1, -0.05) is 36.4 Å². The number of hydrogen-bond donors (Lipinski definition) is 2. The van der Waals surface area contributed by atoms with E-state index in [4.69, 9.17) is 9.47 Å². The fourth-order valence-electron chi connectivity index (χ4n) is 4.09. The summed E-state index contributed by atoms with van der Waals surface area (Å²) in [5.74, 6) is -0.320. The number of anilines is 1. The summed E-state index contributed by atoms with van der Waals surface area (Å²) in [5, 5.41) is 6.77. The van der Waals surface area contributed by atoms with Gasteiger partial charge in [0.2, 0.25) is 0 Å². The van der Waals surface area contributed by atoms with Gasteiger partial charge in [-0.2, -0.15) is 5.10 Å². The topological polar surface area (TPSA) is 126 Å². The number of hydrazone groups is 1. The Labute approximate surface area is 234 Å². The Morgan fingerprint density at radius 2 is 1.75 bits per heavy atom. The van der Waals surface area contributed by atoms with Gasteiger partial charge in [-0.15, -0.1) is 0 Å². The van der Waals surface area contributed by atoms with Crippen LogP contribution in [0.25, 0.3) is 0 Å². The molecule has 3 aromatic rings. The molecule has 3 aromatic carbocycles. The van der Waals surface area contributed by atoms with Crippen molar-refractivity contribution in [2.75, 3.05) is 30.6 Å². The van der Waals surface area contributed by atoms with Gasteiger partial charge >= 0.3 is 0 Å². The lowest BCUT2D eigenvalue weighted by molar-refractivity contribution is -0.123. The molecule has 2 amide bonds. The highest BCUT2D eigenvalue weighted by Crippen LogP contribution is 2.26. The summed E-state index contributed by atoms with van der Waals surface area (Å²) in [6, 6.07) is 21.7. The molecule has 1 fully saturated rings. The zero-order valence-electron chi connectivity index (χ0n) is 22.2. The fraction of sp³-hybridized carbons (Fsp3) is 0.276. The lowest BCUT2D eigenvalue weighted by atomic mass is 10.2. The van der Waals surface area contributed by atoms with Crippen molar-refractivity contribution in [2.24, 2.45) is 5.10 Å². The summed E-state index contributed by atoms with van der Waals surface area (Å²) in [5.41, 5.74) is 4.18. The minimum absolute atomic E-state index is 0.0711. The van der Waals surface area contributed by atoms with Crippen LogP contribution in [-0.4, -0.2) is 58.9 Å². The molecule has 11 heteroatoms. The number of carbonyl (C=O) groups excluding carboxylic acids is 2. The normalized spacial score (nSPS) is 15.1. The maximum Gasteiger partial charge on any atom is 0.264 e. The second-order valence-electron chi connectivity index (χ2n) is 9.20. The number of rotatable bonds is 12. The van der Waals surface area contributed by atoms with E-state index in [-0.39, 0.29) is 23.5 Å². The number of hydrogen-bond acceptors (Lipinski definition) is 7. The number of para-hydroxylation sites is 1. The third-order valence-corrected chi connectivity index (χ3v) is 7.98. The average molecular weight is 565 g/mol. The monoisotopic (exact) mass is 564 g/mol. The molecule has 0 aliphatic carbocycles. The van der Waals surface area contributed by atoms with Gasteiger partial charge < -0.3 is 14.8 Å². The Bertz CT molecular complexity index is 1420. The lowest BCUT2D eigenvalue weighted by Crippen LogP contribution is -2.40. The third-order valence-electron chi connectivity index (χ3n) is 6.21. The van der Waals surface area contributed by atoms with Gasteiger partial charge in [0.1, 0.15) is 12.3 Å². The quantitative estimate of drug-likeness (QED) is 0.257. The minimum atomic E-state index is -4.00. The van der Waals surface area contributed by atoms with Crippen LogP contribution >= 0.6 is 0 Å². The molecule has 1 heterocycles. The number of aryl methyl sites for hydroxylation is 1. The van der Waals surface area contributed by atoms with Gasteiger partial charge in [0.05, 0.1) is 22.9 Å². The third kappa shape index (κ3) is 7.90. The van der Waals surface area contributed by atoms with Crippen LogP contribution in [0.1, 0.15) is 24.0 Å². The van der Waals surface area contributed by atoms with Crippen molar-refractivity contribution in [3.8, 4) is 5.75 Å². The molecule has 2 N–H and O–H groups in total. The zero-order valence-corrected chi connectivity index (χ0v) is 23.0. The van der Waals surface area contributed by atoms with E-state index in [1.54, 1.807) is 73.7 Å². The van der Waals surface area contributed by atoms with Crippen LogP contribution in [0.3, 0.4) is 0 Å². The number of sulfonamides is 1. The largest absolute Gasteiger partial charge is 0.484 e. The Balaban J connectivity index is 1.32. The first-order valence-corrected chi connectivity index (χ1v) is 14.3. The van der Waals surface area contributed by atoms with Crippen molar-refractivity contribution in [1.82, 2.24) is 10.7 Å². The number of amides is 2. The Kier molecular flexibility index (Phi) is 9.87. The molecule has 0 aromatic heterocycles. The van der Waals surface area contributed by atoms with E-state index in [0.29, 0.717) is 29.1 Å². The first-order chi connectivity index (χ1) is 19.3. The van der Waals surface area contributed by atoms with E-state index < -0.39 is 22.5 Å². The Hall–Kier alpha value is -4.22. The molecule has 1 atom stereocenters. The van der Waals surface area contributed by atoms with Crippen molar-refractivity contribution < 1.29 is 27.5 Å². The summed E-state index contributed by atoms with van der Waals surface area (Å²) < 4.78 is 38.9. The summed E-state index contributed by atoms with van der Waals surface area (Å²) in [6.45, 7) is 2.42. The van der Waals surface area contributed by atoms with E-state index in [1.165, 1.54) is 18.3 Å². The van der Waals surface area contributed by atoms with Crippen LogP contribution in [0, 0.1) is 6.92 Å². The highest BCUT2D eigenvalue weighted by molar-refractivity contribution is 7.92. The molecule has 0 saturated carbocycles. The van der Waals surface area contributed by atoms with Gasteiger partial charge in [-0.05, 0) is 73.4 Å². The lowest BCUT2D eigenvalue weighted by Gasteiger charge is -2.25. The van der Waals surface area contributed by atoms with E-state index in [0.717, 1.165) is 23.8 Å². The molecule has 1 aliphatic rings. The van der Waals surface area contributed by atoms with E-state index in [9.17, 15) is 18.0 Å². The predicted molar refractivity (Wildman–Crippen MR) is 152 cm³/mol. The smallest absolute Gasteiger partial charge is 0.264 e. The van der Waals surface area contributed by atoms with Crippen molar-refractivity contribution >= 4 is 33.7 Å². The number of benzene rings is 3. The Morgan fingerprint density at radius 1 is 1.02 bits per heavy atom. The van der Waals surface area contributed by atoms with Crippen molar-refractivity contribution in [3.63, 3.8) is 0 Å². The molecule has 0 radical (unpaired) electrons. The van der Waals surface area contributed by atoms with E-state index >= 15 is 0 Å². The highest BCUT2D eigenvalue weighted by atomic mass is 32.2. The van der Waals surface area contributed by atoms with Crippen molar-refractivity contribution in [3.05, 3.63) is 90.0 Å². The summed E-state index contributed by atoms with van der Waals surface area (Å²) in [6.07, 6.45) is 3.46. The van der Waals surface area contributed by atoms with Crippen molar-refractivity contribution in [1.29, 1.82) is 0 Å². The molecule has 1 aliphatic heterocycles. The van der Waals surface area contributed by atoms with Gasteiger partial charge in [0, 0.05) is 13.2 Å². The summed E-state index contributed by atoms with van der Waals surface area (Å²) in [7, 11) is -4.00. The van der Waals surface area contributed by atoms with Crippen LogP contribution in [0.4, 0.5) is 5.69 Å². The minimum Gasteiger partial charge on any atom is -0.484 e. The molecule has 4 rings (SSSR count). The predicted octanol–water partition coefficient (Wildman–Crippen LogP) is 3.01. The van der Waals surface area contributed by atoms with Gasteiger partial charge in [0.15, 0.2) is 6.61 Å². The number of nitrogens with one attached hydrogen (secondary N) is 2. The number of ether oxygens (including phenoxy) is 2. The molecule has 0 bridgehead atoms. The first-order valence-electron chi connectivity index (χ1n) is 12.9. The first kappa shape index (κ1) is 28.8. The van der Waals surface area contributed by atoms with E-state index in [1.807, 2.05) is 0 Å². The van der Waals surface area contributed by atoms with Crippen LogP contribution in [0.5, 0.6) is 5.75 Å². The van der Waals surface area contributed by atoms with E-state index in [2.05, 4.69) is 15.8 Å². The van der Waals surface area contributed by atoms with Crippen LogP contribution in [-0.2, 0) is 24.3 Å². The second-order valence-corrected chi connectivity index (χ2v) is 11.1. The SMILES string of the molecule is Cc1ccccc1N(CC(=O)N/N=C/c1ccc(OCC(=O)NCC2CCCO2)cc1)S(=O)(=O)c1ccccc1. The molecular formula is C29H32N4O6S.